The lowest BCUT2D eigenvalue weighted by Gasteiger charge is -2.36. The maximum absolute atomic E-state index is 13.1. The minimum atomic E-state index is -0.0397. The zero-order chi connectivity index (χ0) is 19.6. The van der Waals surface area contributed by atoms with Gasteiger partial charge in [0.2, 0.25) is 17.7 Å². The van der Waals surface area contributed by atoms with Gasteiger partial charge < -0.3 is 14.1 Å². The van der Waals surface area contributed by atoms with Crippen LogP contribution in [0.1, 0.15) is 51.3 Å². The summed E-state index contributed by atoms with van der Waals surface area (Å²) in [5.41, 5.74) is 0.819. The summed E-state index contributed by atoms with van der Waals surface area (Å²) in [7, 11) is 0. The summed E-state index contributed by atoms with van der Waals surface area (Å²) >= 11 is 0. The minimum absolute atomic E-state index is 0.0397. The van der Waals surface area contributed by atoms with Gasteiger partial charge in [0, 0.05) is 55.6 Å². The average Bonchev–Trinajstić information content (AvgIpc) is 3.35. The lowest BCUT2D eigenvalue weighted by atomic mass is 9.72. The van der Waals surface area contributed by atoms with E-state index in [1.54, 1.807) is 12.4 Å². The fourth-order valence-electron chi connectivity index (χ4n) is 4.64. The number of nitrogens with zero attached hydrogens (tertiary/aromatic N) is 4. The minimum Gasteiger partial charge on any atom is -0.420 e. The highest BCUT2D eigenvalue weighted by Gasteiger charge is 2.51. The smallest absolute Gasteiger partial charge is 0.247 e. The van der Waals surface area contributed by atoms with Gasteiger partial charge in [-0.25, -0.2) is 0 Å². The molecule has 2 saturated heterocycles. The zero-order valence-electron chi connectivity index (χ0n) is 16.6. The molecule has 2 fully saturated rings. The average molecular weight is 384 g/mol. The molecule has 0 aromatic carbocycles. The molecule has 0 saturated carbocycles. The number of ether oxygens (including phenoxy) is 1. The van der Waals surface area contributed by atoms with Gasteiger partial charge in [-0.05, 0) is 37.8 Å². The molecular formula is C21H28N4O3. The van der Waals surface area contributed by atoms with Crippen molar-refractivity contribution < 1.29 is 13.9 Å². The first kappa shape index (κ1) is 19.1. The summed E-state index contributed by atoms with van der Waals surface area (Å²) in [5.74, 6) is 1.54. The van der Waals surface area contributed by atoms with Crippen LogP contribution >= 0.6 is 0 Å². The van der Waals surface area contributed by atoms with E-state index in [1.807, 2.05) is 17.0 Å². The first-order chi connectivity index (χ1) is 13.7. The second-order valence-corrected chi connectivity index (χ2v) is 7.94. The number of carbonyl (C=O) groups excluding carboxylic acids is 1. The van der Waals surface area contributed by atoms with Gasteiger partial charge >= 0.3 is 0 Å². The van der Waals surface area contributed by atoms with E-state index < -0.39 is 0 Å². The Morgan fingerprint density at radius 1 is 1.21 bits per heavy atom. The molecule has 2 aromatic heterocycles. The van der Waals surface area contributed by atoms with Crippen LogP contribution in [0.3, 0.4) is 0 Å². The van der Waals surface area contributed by atoms with Crippen LogP contribution in [0.15, 0.2) is 28.9 Å². The number of aromatic nitrogens is 3. The summed E-state index contributed by atoms with van der Waals surface area (Å²) in [5, 5.41) is 8.65. The van der Waals surface area contributed by atoms with Crippen molar-refractivity contribution in [2.24, 2.45) is 11.3 Å². The van der Waals surface area contributed by atoms with Crippen molar-refractivity contribution in [2.75, 3.05) is 26.3 Å². The van der Waals surface area contributed by atoms with E-state index in [1.165, 1.54) is 0 Å². The highest BCUT2D eigenvalue weighted by molar-refractivity contribution is 5.79. The van der Waals surface area contributed by atoms with E-state index in [0.717, 1.165) is 51.0 Å². The van der Waals surface area contributed by atoms with Gasteiger partial charge in [-0.2, -0.15) is 0 Å². The SMILES string of the molecule is CCC(CC)C(=O)N1CC(c2nnc(-c3ccncc3)o2)C2(CCOCC2)C1. The standard InChI is InChI=1S/C21H28N4O3/c1-3-15(4-2)20(26)25-13-17(21(14-25)7-11-27-12-8-21)19-24-23-18(28-19)16-5-9-22-10-6-16/h5-6,9-10,15,17H,3-4,7-8,11-14H2,1-2H3. The van der Waals surface area contributed by atoms with E-state index in [9.17, 15) is 4.79 Å². The Morgan fingerprint density at radius 3 is 2.61 bits per heavy atom. The van der Waals surface area contributed by atoms with Crippen LogP contribution in [0.5, 0.6) is 0 Å². The molecule has 7 heteroatoms. The monoisotopic (exact) mass is 384 g/mol. The number of carbonyl (C=O) groups is 1. The molecule has 28 heavy (non-hydrogen) atoms. The molecule has 1 spiro atoms. The number of amides is 1. The van der Waals surface area contributed by atoms with Gasteiger partial charge in [-0.3, -0.25) is 9.78 Å². The van der Waals surface area contributed by atoms with Gasteiger partial charge in [0.25, 0.3) is 0 Å². The molecule has 2 aromatic rings. The molecule has 0 aliphatic carbocycles. The maximum atomic E-state index is 13.1. The third-order valence-electron chi connectivity index (χ3n) is 6.45. The lowest BCUT2D eigenvalue weighted by molar-refractivity contribution is -0.135. The molecule has 1 unspecified atom stereocenters. The van der Waals surface area contributed by atoms with E-state index in [2.05, 4.69) is 29.0 Å². The van der Waals surface area contributed by atoms with Crippen molar-refractivity contribution in [1.29, 1.82) is 0 Å². The number of likely N-dealkylation sites (tertiary alicyclic amines) is 1. The Bertz CT molecular complexity index is 797. The van der Waals surface area contributed by atoms with Crippen LogP contribution in [-0.4, -0.2) is 52.3 Å². The molecule has 4 heterocycles. The third-order valence-corrected chi connectivity index (χ3v) is 6.45. The third kappa shape index (κ3) is 3.43. The van der Waals surface area contributed by atoms with Crippen molar-refractivity contribution in [3.63, 3.8) is 0 Å². The highest BCUT2D eigenvalue weighted by Crippen LogP contribution is 2.49. The molecule has 7 nitrogen and oxygen atoms in total. The van der Waals surface area contributed by atoms with E-state index in [-0.39, 0.29) is 23.2 Å². The summed E-state index contributed by atoms with van der Waals surface area (Å²) < 4.78 is 11.7. The van der Waals surface area contributed by atoms with Crippen LogP contribution in [0.4, 0.5) is 0 Å². The van der Waals surface area contributed by atoms with Crippen LogP contribution < -0.4 is 0 Å². The van der Waals surface area contributed by atoms with Crippen LogP contribution in [0.2, 0.25) is 0 Å². The van der Waals surface area contributed by atoms with Crippen molar-refractivity contribution in [2.45, 2.75) is 45.4 Å². The lowest BCUT2D eigenvalue weighted by Crippen LogP contribution is -2.38. The Balaban J connectivity index is 1.62. The fraction of sp³-hybridized carbons (Fsp3) is 0.619. The molecule has 2 aliphatic rings. The Kier molecular flexibility index (Phi) is 5.44. The summed E-state index contributed by atoms with van der Waals surface area (Å²) in [6.45, 7) is 7.01. The molecule has 4 rings (SSSR count). The zero-order valence-corrected chi connectivity index (χ0v) is 16.6. The van der Waals surface area contributed by atoms with E-state index >= 15 is 0 Å². The van der Waals surface area contributed by atoms with Gasteiger partial charge in [-0.1, -0.05) is 13.8 Å². The molecule has 0 radical (unpaired) electrons. The van der Waals surface area contributed by atoms with Crippen LogP contribution in [0.25, 0.3) is 11.5 Å². The maximum Gasteiger partial charge on any atom is 0.247 e. The number of pyridine rings is 1. The summed E-state index contributed by atoms with van der Waals surface area (Å²) in [4.78, 5) is 19.1. The van der Waals surface area contributed by atoms with Gasteiger partial charge in [0.15, 0.2) is 0 Å². The molecule has 150 valence electrons. The molecule has 0 bridgehead atoms. The predicted octanol–water partition coefficient (Wildman–Crippen LogP) is 3.29. The first-order valence-electron chi connectivity index (χ1n) is 10.3. The Hall–Kier alpha value is -2.28. The van der Waals surface area contributed by atoms with Gasteiger partial charge in [0.05, 0.1) is 5.92 Å². The van der Waals surface area contributed by atoms with Crippen LogP contribution in [-0.2, 0) is 9.53 Å². The quantitative estimate of drug-likeness (QED) is 0.787. The molecular weight excluding hydrogens is 356 g/mol. The second-order valence-electron chi connectivity index (χ2n) is 7.94. The first-order valence-corrected chi connectivity index (χ1v) is 10.3. The summed E-state index contributed by atoms with van der Waals surface area (Å²) in [6, 6.07) is 3.72. The van der Waals surface area contributed by atoms with Gasteiger partial charge in [-0.15, -0.1) is 10.2 Å². The topological polar surface area (TPSA) is 81.4 Å². The van der Waals surface area contributed by atoms with E-state index in [4.69, 9.17) is 9.15 Å². The molecule has 1 atom stereocenters. The largest absolute Gasteiger partial charge is 0.420 e. The summed E-state index contributed by atoms with van der Waals surface area (Å²) in [6.07, 6.45) is 7.00. The molecule has 2 aliphatic heterocycles. The second kappa shape index (κ2) is 7.99. The van der Waals surface area contributed by atoms with Crippen molar-refractivity contribution in [3.05, 3.63) is 30.4 Å². The Morgan fingerprint density at radius 2 is 1.93 bits per heavy atom. The van der Waals surface area contributed by atoms with Crippen molar-refractivity contribution in [3.8, 4) is 11.5 Å². The predicted molar refractivity (Wildman–Crippen MR) is 103 cm³/mol. The highest BCUT2D eigenvalue weighted by atomic mass is 16.5. The van der Waals surface area contributed by atoms with Crippen molar-refractivity contribution in [1.82, 2.24) is 20.1 Å². The fourth-order valence-corrected chi connectivity index (χ4v) is 4.64. The molecule has 1 amide bonds. The Labute approximate surface area is 165 Å². The molecule has 0 N–H and O–H groups in total. The van der Waals surface area contributed by atoms with E-state index in [0.29, 0.717) is 18.3 Å². The van der Waals surface area contributed by atoms with Gasteiger partial charge in [0.1, 0.15) is 0 Å². The number of hydrogen-bond acceptors (Lipinski definition) is 6. The number of hydrogen-bond donors (Lipinski definition) is 0. The number of rotatable bonds is 5. The van der Waals surface area contributed by atoms with Crippen molar-refractivity contribution >= 4 is 5.91 Å². The normalized spacial score (nSPS) is 21.5. The van der Waals surface area contributed by atoms with Crippen LogP contribution in [0, 0.1) is 11.3 Å².